The monoisotopic (exact) mass is 282 g/mol. The molecule has 0 aliphatic heterocycles. The first kappa shape index (κ1) is 16.3. The first-order valence-electron chi connectivity index (χ1n) is 6.48. The Hall–Kier alpha value is -1.79. The van der Waals surface area contributed by atoms with Crippen LogP contribution in [0.2, 0.25) is 0 Å². The highest BCUT2D eigenvalue weighted by Gasteiger charge is 2.15. The van der Waals surface area contributed by atoms with E-state index in [0.717, 1.165) is 0 Å². The minimum absolute atomic E-state index is 0.223. The fourth-order valence-corrected chi connectivity index (χ4v) is 1.74. The Bertz CT molecular complexity index is 435. The molecule has 1 aromatic carbocycles. The Labute approximate surface area is 119 Å². The predicted octanol–water partition coefficient (Wildman–Crippen LogP) is 0.404. The van der Waals surface area contributed by atoms with Crippen molar-refractivity contribution >= 4 is 5.91 Å². The summed E-state index contributed by atoms with van der Waals surface area (Å²) in [6, 6.07) is 5.15. The molecule has 0 spiro atoms. The van der Waals surface area contributed by atoms with Gasteiger partial charge >= 0.3 is 0 Å². The van der Waals surface area contributed by atoms with Crippen molar-refractivity contribution in [1.29, 1.82) is 0 Å². The summed E-state index contributed by atoms with van der Waals surface area (Å²) in [4.78, 5) is 12.1. The molecule has 3 N–H and O–H groups in total. The van der Waals surface area contributed by atoms with Crippen molar-refractivity contribution in [2.24, 2.45) is 0 Å². The van der Waals surface area contributed by atoms with Gasteiger partial charge < -0.3 is 25.2 Å². The Morgan fingerprint density at radius 3 is 2.65 bits per heavy atom. The van der Waals surface area contributed by atoms with E-state index in [1.807, 2.05) is 0 Å². The molecule has 6 nitrogen and oxygen atoms in total. The molecule has 0 bridgehead atoms. The third-order valence-electron chi connectivity index (χ3n) is 2.67. The number of para-hydroxylation sites is 1. The van der Waals surface area contributed by atoms with E-state index in [1.54, 1.807) is 25.1 Å². The zero-order valence-corrected chi connectivity index (χ0v) is 12.1. The van der Waals surface area contributed by atoms with Gasteiger partial charge in [-0.3, -0.25) is 4.79 Å². The summed E-state index contributed by atoms with van der Waals surface area (Å²) < 4.78 is 10.4. The largest absolute Gasteiger partial charge is 0.493 e. The lowest BCUT2D eigenvalue weighted by Crippen LogP contribution is -2.34. The molecule has 0 fully saturated rings. The molecule has 0 aromatic heterocycles. The molecule has 6 heteroatoms. The number of aliphatic hydroxyl groups is 1. The summed E-state index contributed by atoms with van der Waals surface area (Å²) in [5, 5.41) is 14.9. The highest BCUT2D eigenvalue weighted by molar-refractivity contribution is 5.97. The number of hydrogen-bond acceptors (Lipinski definition) is 5. The van der Waals surface area contributed by atoms with Gasteiger partial charge in [-0.15, -0.1) is 0 Å². The van der Waals surface area contributed by atoms with Gasteiger partial charge in [0, 0.05) is 19.6 Å². The van der Waals surface area contributed by atoms with E-state index < -0.39 is 6.10 Å². The predicted molar refractivity (Wildman–Crippen MR) is 76.4 cm³/mol. The molecule has 0 aliphatic rings. The normalized spacial score (nSPS) is 11.8. The van der Waals surface area contributed by atoms with E-state index in [4.69, 9.17) is 14.6 Å². The first-order chi connectivity index (χ1) is 9.60. The van der Waals surface area contributed by atoms with Crippen LogP contribution in [-0.2, 0) is 0 Å². The van der Waals surface area contributed by atoms with E-state index in [1.165, 1.54) is 14.2 Å². The van der Waals surface area contributed by atoms with E-state index in [9.17, 15) is 4.79 Å². The third-order valence-corrected chi connectivity index (χ3v) is 2.67. The number of rotatable bonds is 8. The van der Waals surface area contributed by atoms with Crippen LogP contribution in [0.25, 0.3) is 0 Å². The zero-order chi connectivity index (χ0) is 15.0. The van der Waals surface area contributed by atoms with Gasteiger partial charge in [-0.2, -0.15) is 0 Å². The minimum atomic E-state index is -0.399. The van der Waals surface area contributed by atoms with E-state index >= 15 is 0 Å². The van der Waals surface area contributed by atoms with Gasteiger partial charge in [0.15, 0.2) is 11.5 Å². The number of benzene rings is 1. The maximum Gasteiger partial charge on any atom is 0.255 e. The average Bonchev–Trinajstić information content (AvgIpc) is 2.45. The van der Waals surface area contributed by atoms with Gasteiger partial charge in [-0.1, -0.05) is 6.07 Å². The molecule has 0 radical (unpaired) electrons. The minimum Gasteiger partial charge on any atom is -0.493 e. The van der Waals surface area contributed by atoms with Gasteiger partial charge in [0.2, 0.25) is 0 Å². The SMILES string of the molecule is COc1cccc(C(=O)NCCNCC(C)O)c1OC. The van der Waals surface area contributed by atoms with Gasteiger partial charge in [-0.05, 0) is 19.1 Å². The molecule has 0 heterocycles. The van der Waals surface area contributed by atoms with Gasteiger partial charge in [0.25, 0.3) is 5.91 Å². The number of amides is 1. The molecule has 1 rings (SSSR count). The maximum atomic E-state index is 12.1. The third kappa shape index (κ3) is 4.71. The quantitative estimate of drug-likeness (QED) is 0.602. The van der Waals surface area contributed by atoms with Crippen molar-refractivity contribution in [3.63, 3.8) is 0 Å². The summed E-state index contributed by atoms with van der Waals surface area (Å²) in [7, 11) is 3.03. The number of carbonyl (C=O) groups excluding carboxylic acids is 1. The van der Waals surface area contributed by atoms with Crippen molar-refractivity contribution in [3.05, 3.63) is 23.8 Å². The number of hydrogen-bond donors (Lipinski definition) is 3. The maximum absolute atomic E-state index is 12.1. The van der Waals surface area contributed by atoms with Gasteiger partial charge in [-0.25, -0.2) is 0 Å². The number of aliphatic hydroxyl groups excluding tert-OH is 1. The van der Waals surface area contributed by atoms with Crippen LogP contribution in [0.4, 0.5) is 0 Å². The van der Waals surface area contributed by atoms with Crippen molar-refractivity contribution in [2.45, 2.75) is 13.0 Å². The van der Waals surface area contributed by atoms with Crippen LogP contribution in [-0.4, -0.2) is 51.0 Å². The van der Waals surface area contributed by atoms with Crippen LogP contribution in [0.15, 0.2) is 18.2 Å². The summed E-state index contributed by atoms with van der Waals surface area (Å²) in [6.07, 6.45) is -0.399. The van der Waals surface area contributed by atoms with E-state index in [0.29, 0.717) is 36.7 Å². The second kappa shape index (κ2) is 8.39. The molecule has 0 saturated heterocycles. The summed E-state index contributed by atoms with van der Waals surface area (Å²) >= 11 is 0. The summed E-state index contributed by atoms with van der Waals surface area (Å²) in [6.45, 7) is 3.25. The van der Waals surface area contributed by atoms with Crippen LogP contribution in [0, 0.1) is 0 Å². The van der Waals surface area contributed by atoms with E-state index in [2.05, 4.69) is 10.6 Å². The van der Waals surface area contributed by atoms with Crippen molar-refractivity contribution in [1.82, 2.24) is 10.6 Å². The summed E-state index contributed by atoms with van der Waals surface area (Å²) in [5.41, 5.74) is 0.433. The standard InChI is InChI=1S/C14H22N2O4/c1-10(17)9-15-7-8-16-14(18)11-5-4-6-12(19-2)13(11)20-3/h4-6,10,15,17H,7-9H2,1-3H3,(H,16,18). The lowest BCUT2D eigenvalue weighted by Gasteiger charge is -2.13. The molecule has 0 aliphatic carbocycles. The van der Waals surface area contributed by atoms with Gasteiger partial charge in [0.1, 0.15) is 0 Å². The van der Waals surface area contributed by atoms with Crippen LogP contribution >= 0.6 is 0 Å². The second-order valence-corrected chi connectivity index (χ2v) is 4.35. The first-order valence-corrected chi connectivity index (χ1v) is 6.48. The molecule has 20 heavy (non-hydrogen) atoms. The lowest BCUT2D eigenvalue weighted by atomic mass is 10.1. The number of methoxy groups -OCH3 is 2. The fourth-order valence-electron chi connectivity index (χ4n) is 1.74. The van der Waals surface area contributed by atoms with Crippen LogP contribution in [0.5, 0.6) is 11.5 Å². The average molecular weight is 282 g/mol. The highest BCUT2D eigenvalue weighted by atomic mass is 16.5. The lowest BCUT2D eigenvalue weighted by molar-refractivity contribution is 0.0950. The van der Waals surface area contributed by atoms with E-state index in [-0.39, 0.29) is 5.91 Å². The number of ether oxygens (including phenoxy) is 2. The van der Waals surface area contributed by atoms with Crippen LogP contribution in [0.1, 0.15) is 17.3 Å². The highest BCUT2D eigenvalue weighted by Crippen LogP contribution is 2.30. The van der Waals surface area contributed by atoms with Gasteiger partial charge in [0.05, 0.1) is 25.9 Å². The topological polar surface area (TPSA) is 79.8 Å². The smallest absolute Gasteiger partial charge is 0.255 e. The molecule has 112 valence electrons. The number of nitrogens with one attached hydrogen (secondary N) is 2. The molecule has 1 amide bonds. The molecular formula is C14H22N2O4. The molecular weight excluding hydrogens is 260 g/mol. The Morgan fingerprint density at radius 1 is 1.30 bits per heavy atom. The van der Waals surface area contributed by atoms with Crippen LogP contribution in [0.3, 0.4) is 0 Å². The molecule has 1 atom stereocenters. The Morgan fingerprint density at radius 2 is 2.05 bits per heavy atom. The Balaban J connectivity index is 2.55. The second-order valence-electron chi connectivity index (χ2n) is 4.35. The fraction of sp³-hybridized carbons (Fsp3) is 0.500. The van der Waals surface area contributed by atoms with Crippen molar-refractivity contribution < 1.29 is 19.4 Å². The molecule has 1 unspecified atom stereocenters. The Kier molecular flexibility index (Phi) is 6.83. The zero-order valence-electron chi connectivity index (χ0n) is 12.1. The van der Waals surface area contributed by atoms with Crippen molar-refractivity contribution in [2.75, 3.05) is 33.9 Å². The molecule has 1 aromatic rings. The number of carbonyl (C=O) groups is 1. The molecule has 0 saturated carbocycles. The van der Waals surface area contributed by atoms with Crippen LogP contribution < -0.4 is 20.1 Å². The van der Waals surface area contributed by atoms with Crippen molar-refractivity contribution in [3.8, 4) is 11.5 Å². The summed E-state index contributed by atoms with van der Waals surface area (Å²) in [5.74, 6) is 0.719.